The van der Waals surface area contributed by atoms with Crippen molar-refractivity contribution < 1.29 is 5.11 Å². The normalized spacial score (nSPS) is 11.8. The fraction of sp³-hybridized carbons (Fsp3) is 0.417. The number of rotatable bonds is 7. The summed E-state index contributed by atoms with van der Waals surface area (Å²) in [4.78, 5) is 44.2. The van der Waals surface area contributed by atoms with Crippen molar-refractivity contribution in [2.75, 3.05) is 0 Å². The van der Waals surface area contributed by atoms with E-state index in [1.54, 1.807) is 4.57 Å². The average Bonchev–Trinajstić information content (AvgIpc) is 3.19. The first kappa shape index (κ1) is 22.6. The molecular weight excluding hydrogens is 422 g/mol. The molecule has 9 heteroatoms. The van der Waals surface area contributed by atoms with Crippen molar-refractivity contribution in [1.29, 1.82) is 0 Å². The molecule has 3 aromatic heterocycles. The second-order valence-corrected chi connectivity index (χ2v) is 8.85. The number of benzene rings is 1. The van der Waals surface area contributed by atoms with E-state index >= 15 is 0 Å². The van der Waals surface area contributed by atoms with Crippen LogP contribution in [0.1, 0.15) is 44.7 Å². The summed E-state index contributed by atoms with van der Waals surface area (Å²) in [5.74, 6) is 0.0939. The molecule has 4 aromatic rings. The number of hydrogen-bond acceptors (Lipinski definition) is 5. The molecule has 0 unspecified atom stereocenters. The molecule has 0 amide bonds. The Bertz CT molecular complexity index is 1510. The summed E-state index contributed by atoms with van der Waals surface area (Å²) in [5.41, 5.74) is -0.197. The number of aromatic hydroxyl groups is 1. The van der Waals surface area contributed by atoms with E-state index in [1.165, 1.54) is 16.0 Å². The molecule has 0 saturated heterocycles. The lowest BCUT2D eigenvalue weighted by Gasteiger charge is -2.14. The predicted molar refractivity (Wildman–Crippen MR) is 127 cm³/mol. The fourth-order valence-corrected chi connectivity index (χ4v) is 4.17. The Kier molecular flexibility index (Phi) is 5.97. The highest BCUT2D eigenvalue weighted by atomic mass is 16.3. The Hall–Kier alpha value is -3.62. The third kappa shape index (κ3) is 3.77. The van der Waals surface area contributed by atoms with Gasteiger partial charge in [-0.25, -0.2) is 9.20 Å². The van der Waals surface area contributed by atoms with Gasteiger partial charge in [0.1, 0.15) is 0 Å². The van der Waals surface area contributed by atoms with E-state index in [0.717, 1.165) is 16.6 Å². The average molecular weight is 452 g/mol. The van der Waals surface area contributed by atoms with Crippen LogP contribution in [0.25, 0.3) is 16.9 Å². The maximum atomic E-state index is 13.5. The summed E-state index contributed by atoms with van der Waals surface area (Å²) in [7, 11) is 1.40. The molecule has 0 fully saturated rings. The Morgan fingerprint density at radius 3 is 2.36 bits per heavy atom. The van der Waals surface area contributed by atoms with Crippen molar-refractivity contribution in [2.45, 2.75) is 53.1 Å². The molecule has 0 saturated carbocycles. The molecule has 174 valence electrons. The van der Waals surface area contributed by atoms with E-state index in [-0.39, 0.29) is 40.8 Å². The van der Waals surface area contributed by atoms with Gasteiger partial charge >= 0.3 is 5.69 Å². The highest BCUT2D eigenvalue weighted by molar-refractivity contribution is 5.75. The first-order valence-corrected chi connectivity index (χ1v) is 11.3. The first-order chi connectivity index (χ1) is 15.8. The van der Waals surface area contributed by atoms with Crippen molar-refractivity contribution in [1.82, 2.24) is 23.1 Å². The topological polar surface area (TPSA) is 104 Å². The summed E-state index contributed by atoms with van der Waals surface area (Å²) in [6.45, 7) is 6.53. The lowest BCUT2D eigenvalue weighted by atomic mass is 10.1. The molecule has 0 aliphatic rings. The number of fused-ring (bicyclic) bond motifs is 3. The number of imidazole rings is 1. The standard InChI is InChI=1S/C24H29N5O4/c1-5-6-12-17-20(30)28(14-16-10-8-7-9-11-16)23-25-19-18(29(23)21(17)31)22(32)26(4)24(33)27(19)13-15(2)3/h7-11,15,30H,5-6,12-14H2,1-4H3. The van der Waals surface area contributed by atoms with Crippen LogP contribution < -0.4 is 16.8 Å². The van der Waals surface area contributed by atoms with Gasteiger partial charge in [0.05, 0.1) is 12.1 Å². The molecule has 3 heterocycles. The van der Waals surface area contributed by atoms with E-state index in [9.17, 15) is 19.5 Å². The molecule has 9 nitrogen and oxygen atoms in total. The number of hydrogen-bond donors (Lipinski definition) is 1. The Labute approximate surface area is 190 Å². The molecule has 0 aliphatic heterocycles. The molecule has 0 spiro atoms. The van der Waals surface area contributed by atoms with Gasteiger partial charge in [-0.3, -0.25) is 23.3 Å². The van der Waals surface area contributed by atoms with Gasteiger partial charge < -0.3 is 5.11 Å². The third-order valence-corrected chi connectivity index (χ3v) is 5.86. The van der Waals surface area contributed by atoms with E-state index in [4.69, 9.17) is 0 Å². The van der Waals surface area contributed by atoms with Crippen molar-refractivity contribution in [3.8, 4) is 5.88 Å². The highest BCUT2D eigenvalue weighted by Crippen LogP contribution is 2.23. The second kappa shape index (κ2) is 8.73. The van der Waals surface area contributed by atoms with Crippen LogP contribution in [0.15, 0.2) is 44.7 Å². The van der Waals surface area contributed by atoms with E-state index in [2.05, 4.69) is 4.98 Å². The van der Waals surface area contributed by atoms with Crippen LogP contribution in [0.5, 0.6) is 5.88 Å². The van der Waals surface area contributed by atoms with E-state index < -0.39 is 16.8 Å². The number of aromatic nitrogens is 5. The van der Waals surface area contributed by atoms with E-state index in [1.807, 2.05) is 51.1 Å². The molecule has 0 bridgehead atoms. The predicted octanol–water partition coefficient (Wildman–Crippen LogP) is 2.26. The Balaban J connectivity index is 2.17. The Morgan fingerprint density at radius 2 is 1.73 bits per heavy atom. The van der Waals surface area contributed by atoms with Crippen LogP contribution in [0.4, 0.5) is 0 Å². The van der Waals surface area contributed by atoms with Crippen LogP contribution in [0.3, 0.4) is 0 Å². The minimum atomic E-state index is -0.585. The zero-order valence-corrected chi connectivity index (χ0v) is 19.4. The van der Waals surface area contributed by atoms with Crippen molar-refractivity contribution in [3.63, 3.8) is 0 Å². The quantitative estimate of drug-likeness (QED) is 0.464. The summed E-state index contributed by atoms with van der Waals surface area (Å²) < 4.78 is 5.26. The van der Waals surface area contributed by atoms with Gasteiger partial charge in [-0.2, -0.15) is 4.98 Å². The van der Waals surface area contributed by atoms with Gasteiger partial charge in [0.2, 0.25) is 11.7 Å². The van der Waals surface area contributed by atoms with Crippen LogP contribution in [-0.2, 0) is 26.6 Å². The van der Waals surface area contributed by atoms with Crippen LogP contribution in [0, 0.1) is 5.92 Å². The molecule has 0 aliphatic carbocycles. The van der Waals surface area contributed by atoms with Gasteiger partial charge in [0, 0.05) is 13.6 Å². The monoisotopic (exact) mass is 451 g/mol. The van der Waals surface area contributed by atoms with Crippen molar-refractivity contribution in [3.05, 3.63) is 72.7 Å². The molecule has 1 N–H and O–H groups in total. The smallest absolute Gasteiger partial charge is 0.332 e. The van der Waals surface area contributed by atoms with Crippen molar-refractivity contribution >= 4 is 16.9 Å². The summed E-state index contributed by atoms with van der Waals surface area (Å²) in [6, 6.07) is 9.51. The summed E-state index contributed by atoms with van der Waals surface area (Å²) >= 11 is 0. The lowest BCUT2D eigenvalue weighted by Crippen LogP contribution is -2.39. The largest absolute Gasteiger partial charge is 0.494 e. The fourth-order valence-electron chi connectivity index (χ4n) is 4.17. The minimum Gasteiger partial charge on any atom is -0.494 e. The molecule has 0 radical (unpaired) electrons. The minimum absolute atomic E-state index is 0.0531. The SMILES string of the molecule is CCCCc1c(O)n(Cc2ccccc2)c2nc3c(c(=O)n(C)c(=O)n3CC(C)C)n2c1=O. The highest BCUT2D eigenvalue weighted by Gasteiger charge is 2.25. The van der Waals surface area contributed by atoms with Crippen LogP contribution >= 0.6 is 0 Å². The van der Waals surface area contributed by atoms with Crippen LogP contribution in [-0.4, -0.2) is 28.2 Å². The molecular formula is C24H29N5O4. The summed E-state index contributed by atoms with van der Waals surface area (Å²) in [5, 5.41) is 11.1. The number of nitrogens with zero attached hydrogens (tertiary/aromatic N) is 5. The van der Waals surface area contributed by atoms with Gasteiger partial charge in [0.15, 0.2) is 11.2 Å². The van der Waals surface area contributed by atoms with Gasteiger partial charge in [-0.1, -0.05) is 57.5 Å². The zero-order valence-electron chi connectivity index (χ0n) is 19.4. The third-order valence-electron chi connectivity index (χ3n) is 5.86. The van der Waals surface area contributed by atoms with Gasteiger partial charge in [-0.05, 0) is 24.3 Å². The van der Waals surface area contributed by atoms with Crippen LogP contribution in [0.2, 0.25) is 0 Å². The maximum Gasteiger partial charge on any atom is 0.332 e. The lowest BCUT2D eigenvalue weighted by molar-refractivity contribution is 0.410. The van der Waals surface area contributed by atoms with E-state index in [0.29, 0.717) is 19.4 Å². The summed E-state index contributed by atoms with van der Waals surface area (Å²) in [6.07, 6.45) is 1.93. The number of unbranched alkanes of at least 4 members (excludes halogenated alkanes) is 1. The maximum absolute atomic E-state index is 13.5. The van der Waals surface area contributed by atoms with Crippen molar-refractivity contribution in [2.24, 2.45) is 13.0 Å². The zero-order chi connectivity index (χ0) is 23.9. The molecule has 4 rings (SSSR count). The molecule has 0 atom stereocenters. The van der Waals surface area contributed by atoms with Gasteiger partial charge in [0.25, 0.3) is 11.1 Å². The molecule has 33 heavy (non-hydrogen) atoms. The Morgan fingerprint density at radius 1 is 1.03 bits per heavy atom. The van der Waals surface area contributed by atoms with Gasteiger partial charge in [-0.15, -0.1) is 0 Å². The molecule has 1 aromatic carbocycles. The second-order valence-electron chi connectivity index (χ2n) is 8.85. The first-order valence-electron chi connectivity index (χ1n) is 11.3.